The first-order chi connectivity index (χ1) is 14.0. The van der Waals surface area contributed by atoms with Crippen molar-refractivity contribution >= 4 is 23.0 Å². The van der Waals surface area contributed by atoms with E-state index in [1.54, 1.807) is 0 Å². The summed E-state index contributed by atoms with van der Waals surface area (Å²) in [6.07, 6.45) is 2.11. The molecule has 2 N–H and O–H groups in total. The summed E-state index contributed by atoms with van der Waals surface area (Å²) in [5, 5.41) is 0.436. The lowest BCUT2D eigenvalue weighted by Crippen LogP contribution is -2.45. The normalized spacial score (nSPS) is 15.4. The van der Waals surface area contributed by atoms with Crippen molar-refractivity contribution in [2.75, 3.05) is 51.2 Å². The number of hydrogen-bond donors (Lipinski definition) is 1. The van der Waals surface area contributed by atoms with Crippen LogP contribution in [0.3, 0.4) is 0 Å². The lowest BCUT2D eigenvalue weighted by molar-refractivity contribution is 0.155. The van der Waals surface area contributed by atoms with E-state index in [9.17, 15) is 0 Å². The van der Waals surface area contributed by atoms with Crippen molar-refractivity contribution in [1.29, 1.82) is 0 Å². The second-order valence-electron chi connectivity index (χ2n) is 8.08. The van der Waals surface area contributed by atoms with Crippen LogP contribution >= 0.6 is 12.2 Å². The molecule has 0 unspecified atom stereocenters. The average Bonchev–Trinajstić information content (AvgIpc) is 2.72. The lowest BCUT2D eigenvalue weighted by atomic mass is 10.00. The molecule has 156 valence electrons. The number of rotatable bonds is 7. The molecule has 0 aliphatic carbocycles. The van der Waals surface area contributed by atoms with Gasteiger partial charge in [-0.3, -0.25) is 0 Å². The highest BCUT2D eigenvalue weighted by atomic mass is 32.1. The second kappa shape index (κ2) is 10.2. The fourth-order valence-electron chi connectivity index (χ4n) is 3.88. The van der Waals surface area contributed by atoms with Gasteiger partial charge in [-0.05, 0) is 67.4 Å². The van der Waals surface area contributed by atoms with E-state index >= 15 is 0 Å². The van der Waals surface area contributed by atoms with E-state index in [0.29, 0.717) is 5.11 Å². The molecule has 5 heteroatoms. The molecule has 0 radical (unpaired) electrons. The van der Waals surface area contributed by atoms with Crippen molar-refractivity contribution in [1.82, 2.24) is 9.80 Å². The van der Waals surface area contributed by atoms with Gasteiger partial charge in [-0.1, -0.05) is 43.3 Å². The molecule has 4 nitrogen and oxygen atoms in total. The fraction of sp³-hybridized carbons (Fsp3) is 0.458. The number of likely N-dealkylation sites (N-methyl/N-ethyl adjacent to an activating group) is 1. The second-order valence-corrected chi connectivity index (χ2v) is 8.50. The molecule has 1 fully saturated rings. The summed E-state index contributed by atoms with van der Waals surface area (Å²) in [4.78, 5) is 7.01. The Kier molecular flexibility index (Phi) is 7.64. The van der Waals surface area contributed by atoms with Gasteiger partial charge in [0.15, 0.2) is 5.11 Å². The number of piperazine rings is 1. The van der Waals surface area contributed by atoms with E-state index in [0.717, 1.165) is 31.6 Å². The van der Waals surface area contributed by atoms with Gasteiger partial charge in [-0.15, -0.1) is 0 Å². The van der Waals surface area contributed by atoms with Crippen molar-refractivity contribution in [3.05, 3.63) is 53.6 Å². The van der Waals surface area contributed by atoms with Crippen molar-refractivity contribution in [3.63, 3.8) is 0 Å². The Hall–Kier alpha value is -1.95. The Morgan fingerprint density at radius 3 is 2.31 bits per heavy atom. The van der Waals surface area contributed by atoms with Crippen LogP contribution in [0.2, 0.25) is 0 Å². The van der Waals surface area contributed by atoms with Crippen molar-refractivity contribution in [2.24, 2.45) is 5.73 Å². The molecule has 29 heavy (non-hydrogen) atoms. The summed E-state index contributed by atoms with van der Waals surface area (Å²) in [5.41, 5.74) is 12.1. The Labute approximate surface area is 181 Å². The first-order valence-corrected chi connectivity index (χ1v) is 11.1. The first-order valence-electron chi connectivity index (χ1n) is 10.7. The molecule has 1 aliphatic rings. The average molecular weight is 411 g/mol. The molecule has 2 aromatic rings. The number of aryl methyl sites for hydroxylation is 1. The van der Waals surface area contributed by atoms with Gasteiger partial charge >= 0.3 is 0 Å². The van der Waals surface area contributed by atoms with E-state index in [1.165, 1.54) is 48.4 Å². The Morgan fingerprint density at radius 1 is 1.03 bits per heavy atom. The van der Waals surface area contributed by atoms with Crippen LogP contribution in [-0.4, -0.2) is 61.2 Å². The van der Waals surface area contributed by atoms with Gasteiger partial charge in [-0.2, -0.15) is 0 Å². The van der Waals surface area contributed by atoms with E-state index in [2.05, 4.69) is 73.2 Å². The minimum absolute atomic E-state index is 0.436. The molecule has 1 heterocycles. The van der Waals surface area contributed by atoms with Gasteiger partial charge in [0.25, 0.3) is 0 Å². The molecule has 1 saturated heterocycles. The molecule has 1 aliphatic heterocycles. The molecule has 3 rings (SSSR count). The van der Waals surface area contributed by atoms with Crippen molar-refractivity contribution in [2.45, 2.75) is 26.7 Å². The number of anilines is 1. The van der Waals surface area contributed by atoms with Gasteiger partial charge in [0.1, 0.15) is 0 Å². The van der Waals surface area contributed by atoms with E-state index in [1.807, 2.05) is 4.90 Å². The van der Waals surface area contributed by atoms with Crippen LogP contribution in [-0.2, 0) is 6.42 Å². The maximum Gasteiger partial charge on any atom is 0.170 e. The fourth-order valence-corrected chi connectivity index (χ4v) is 4.06. The van der Waals surface area contributed by atoms with Crippen LogP contribution in [0.25, 0.3) is 11.1 Å². The predicted octanol–water partition coefficient (Wildman–Crippen LogP) is 3.91. The zero-order chi connectivity index (χ0) is 20.8. The summed E-state index contributed by atoms with van der Waals surface area (Å²) >= 11 is 5.29. The maximum atomic E-state index is 5.99. The number of nitrogens with zero attached hydrogens (tertiary/aromatic N) is 3. The highest BCUT2D eigenvalue weighted by Gasteiger charge is 2.14. The Bertz CT molecular complexity index is 810. The Morgan fingerprint density at radius 2 is 1.69 bits per heavy atom. The maximum absolute atomic E-state index is 5.99. The largest absolute Gasteiger partial charge is 0.376 e. The highest BCUT2D eigenvalue weighted by Crippen LogP contribution is 2.28. The number of hydrogen-bond acceptors (Lipinski definition) is 3. The SMILES string of the molecule is CCCN(C(N)=S)c1cc(-c2ccc(CCN3CCN(C)CC3)cc2)ccc1C. The van der Waals surface area contributed by atoms with Gasteiger partial charge in [-0.25, -0.2) is 0 Å². The van der Waals surface area contributed by atoms with Gasteiger partial charge in [0, 0.05) is 45.0 Å². The lowest BCUT2D eigenvalue weighted by Gasteiger charge is -2.32. The van der Waals surface area contributed by atoms with Crippen LogP contribution in [0.1, 0.15) is 24.5 Å². The summed E-state index contributed by atoms with van der Waals surface area (Å²) in [7, 11) is 2.20. The molecule has 0 amide bonds. The number of nitrogens with two attached hydrogens (primary N) is 1. The van der Waals surface area contributed by atoms with Crippen LogP contribution in [0.4, 0.5) is 5.69 Å². The summed E-state index contributed by atoms with van der Waals surface area (Å²) in [6, 6.07) is 15.6. The van der Waals surface area contributed by atoms with Gasteiger partial charge < -0.3 is 20.4 Å². The van der Waals surface area contributed by atoms with E-state index in [-0.39, 0.29) is 0 Å². The molecule has 0 spiro atoms. The Balaban J connectivity index is 1.69. The van der Waals surface area contributed by atoms with E-state index < -0.39 is 0 Å². The minimum atomic E-state index is 0.436. The third kappa shape index (κ3) is 5.78. The molecular weight excluding hydrogens is 376 g/mol. The molecule has 0 atom stereocenters. The third-order valence-electron chi connectivity index (χ3n) is 5.81. The monoisotopic (exact) mass is 410 g/mol. The zero-order valence-electron chi connectivity index (χ0n) is 18.0. The standard InChI is InChI=1S/C24H34N4S/c1-4-12-28(24(25)29)23-18-22(8-5-19(23)2)21-9-6-20(7-10-21)11-13-27-16-14-26(3)15-17-27/h5-10,18H,4,11-17H2,1-3H3,(H2,25,29). The summed E-state index contributed by atoms with van der Waals surface area (Å²) in [6.45, 7) is 10.9. The van der Waals surface area contributed by atoms with Gasteiger partial charge in [0.05, 0.1) is 0 Å². The minimum Gasteiger partial charge on any atom is -0.376 e. The van der Waals surface area contributed by atoms with Crippen molar-refractivity contribution in [3.8, 4) is 11.1 Å². The topological polar surface area (TPSA) is 35.7 Å². The van der Waals surface area contributed by atoms with Crippen LogP contribution in [0, 0.1) is 6.92 Å². The third-order valence-corrected chi connectivity index (χ3v) is 6.03. The first kappa shape index (κ1) is 21.8. The van der Waals surface area contributed by atoms with Crippen LogP contribution in [0.5, 0.6) is 0 Å². The quantitative estimate of drug-likeness (QED) is 0.700. The predicted molar refractivity (Wildman–Crippen MR) is 129 cm³/mol. The van der Waals surface area contributed by atoms with E-state index in [4.69, 9.17) is 18.0 Å². The molecule has 0 saturated carbocycles. The van der Waals surface area contributed by atoms with Crippen LogP contribution < -0.4 is 10.6 Å². The summed E-state index contributed by atoms with van der Waals surface area (Å²) in [5.74, 6) is 0. The summed E-state index contributed by atoms with van der Waals surface area (Å²) < 4.78 is 0. The number of benzene rings is 2. The zero-order valence-corrected chi connectivity index (χ0v) is 18.8. The molecular formula is C24H34N4S. The number of thiocarbonyl (C=S) groups is 1. The molecule has 0 bridgehead atoms. The molecule has 2 aromatic carbocycles. The highest BCUT2D eigenvalue weighted by molar-refractivity contribution is 7.80. The van der Waals surface area contributed by atoms with Gasteiger partial charge in [0.2, 0.25) is 0 Å². The van der Waals surface area contributed by atoms with Crippen molar-refractivity contribution < 1.29 is 0 Å². The molecule has 0 aromatic heterocycles. The smallest absolute Gasteiger partial charge is 0.170 e. The van der Waals surface area contributed by atoms with Crippen LogP contribution in [0.15, 0.2) is 42.5 Å².